The van der Waals surface area contributed by atoms with Gasteiger partial charge >= 0.3 is 0 Å². The van der Waals surface area contributed by atoms with Gasteiger partial charge in [0.15, 0.2) is 17.2 Å². The highest BCUT2D eigenvalue weighted by Gasteiger charge is 2.23. The van der Waals surface area contributed by atoms with Crippen molar-refractivity contribution in [2.75, 3.05) is 47.4 Å². The van der Waals surface area contributed by atoms with Crippen molar-refractivity contribution in [2.45, 2.75) is 12.8 Å². The van der Waals surface area contributed by atoms with Crippen LogP contribution in [0.2, 0.25) is 0 Å². The largest absolute Gasteiger partial charge is 0.493 e. The Morgan fingerprint density at radius 3 is 2.44 bits per heavy atom. The first-order chi connectivity index (χ1) is 15.6. The van der Waals surface area contributed by atoms with Crippen LogP contribution in [0.4, 0.5) is 0 Å². The van der Waals surface area contributed by atoms with Gasteiger partial charge in [0.1, 0.15) is 0 Å². The first-order valence-corrected chi connectivity index (χ1v) is 11.0. The number of carbonyl (C=O) groups is 1. The highest BCUT2D eigenvalue weighted by atomic mass is 16.5. The standard InChI is InChI=1S/C25H30N4O3/c1-27(15-16-28-13-7-8-14-28)25(30)24-21(18-29(26-24)20-9-5-4-6-10-20)19-11-12-22(31-2)23(17-19)32-3/h4-6,9-12,17-18H,7-8,13-16H2,1-3H3. The lowest BCUT2D eigenvalue weighted by Crippen LogP contribution is -2.35. The fourth-order valence-corrected chi connectivity index (χ4v) is 4.04. The van der Waals surface area contributed by atoms with E-state index in [2.05, 4.69) is 4.90 Å². The van der Waals surface area contributed by atoms with Gasteiger partial charge in [0.05, 0.1) is 19.9 Å². The summed E-state index contributed by atoms with van der Waals surface area (Å²) in [4.78, 5) is 17.6. The molecule has 0 N–H and O–H groups in total. The van der Waals surface area contributed by atoms with Crippen LogP contribution in [0.25, 0.3) is 16.8 Å². The van der Waals surface area contributed by atoms with Crippen LogP contribution >= 0.6 is 0 Å². The number of nitrogens with zero attached hydrogens (tertiary/aromatic N) is 4. The molecule has 7 heteroatoms. The van der Waals surface area contributed by atoms with Crippen molar-refractivity contribution in [3.05, 3.63) is 60.4 Å². The summed E-state index contributed by atoms with van der Waals surface area (Å²) in [7, 11) is 5.06. The van der Waals surface area contributed by atoms with Gasteiger partial charge in [-0.25, -0.2) is 4.68 Å². The summed E-state index contributed by atoms with van der Waals surface area (Å²) in [5.74, 6) is 1.16. The van der Waals surface area contributed by atoms with E-state index in [0.29, 0.717) is 23.7 Å². The topological polar surface area (TPSA) is 59.8 Å². The quantitative estimate of drug-likeness (QED) is 0.541. The summed E-state index contributed by atoms with van der Waals surface area (Å²) in [6.45, 7) is 3.78. The number of benzene rings is 2. The van der Waals surface area contributed by atoms with E-state index in [1.807, 2.05) is 61.8 Å². The van der Waals surface area contributed by atoms with E-state index in [1.54, 1.807) is 23.8 Å². The third-order valence-electron chi connectivity index (χ3n) is 5.93. The Balaban J connectivity index is 1.68. The van der Waals surface area contributed by atoms with Crippen molar-refractivity contribution in [1.29, 1.82) is 0 Å². The Bertz CT molecular complexity index is 1060. The molecule has 0 bridgehead atoms. The summed E-state index contributed by atoms with van der Waals surface area (Å²) < 4.78 is 12.6. The Labute approximate surface area is 189 Å². The number of likely N-dealkylation sites (N-methyl/N-ethyl adjacent to an activating group) is 1. The molecule has 1 aromatic heterocycles. The molecule has 1 aliphatic heterocycles. The summed E-state index contributed by atoms with van der Waals surface area (Å²) in [6, 6.07) is 15.5. The monoisotopic (exact) mass is 434 g/mol. The highest BCUT2D eigenvalue weighted by molar-refractivity contribution is 5.99. The van der Waals surface area contributed by atoms with Gasteiger partial charge < -0.3 is 19.3 Å². The maximum atomic E-state index is 13.4. The SMILES string of the molecule is COc1ccc(-c2cn(-c3ccccc3)nc2C(=O)N(C)CCN2CCCC2)cc1OC. The Morgan fingerprint density at radius 2 is 1.75 bits per heavy atom. The van der Waals surface area contributed by atoms with Crippen molar-refractivity contribution in [3.63, 3.8) is 0 Å². The van der Waals surface area contributed by atoms with Crippen molar-refractivity contribution >= 4 is 5.91 Å². The molecule has 0 radical (unpaired) electrons. The lowest BCUT2D eigenvalue weighted by molar-refractivity contribution is 0.0777. The zero-order valence-corrected chi connectivity index (χ0v) is 19.0. The number of carbonyl (C=O) groups excluding carboxylic acids is 1. The third kappa shape index (κ3) is 4.62. The van der Waals surface area contributed by atoms with E-state index in [4.69, 9.17) is 14.6 Å². The minimum atomic E-state index is -0.0938. The number of hydrogen-bond acceptors (Lipinski definition) is 5. The van der Waals surface area contributed by atoms with Gasteiger partial charge in [-0.15, -0.1) is 0 Å². The Morgan fingerprint density at radius 1 is 1.03 bits per heavy atom. The Hall–Kier alpha value is -3.32. The third-order valence-corrected chi connectivity index (χ3v) is 5.93. The van der Waals surface area contributed by atoms with Gasteiger partial charge in [-0.05, 0) is 55.8 Å². The minimum absolute atomic E-state index is 0.0938. The maximum absolute atomic E-state index is 13.4. The number of rotatable bonds is 8. The zero-order chi connectivity index (χ0) is 22.5. The molecule has 0 spiro atoms. The minimum Gasteiger partial charge on any atom is -0.493 e. The number of para-hydroxylation sites is 1. The fraction of sp³-hybridized carbons (Fsp3) is 0.360. The van der Waals surface area contributed by atoms with E-state index in [9.17, 15) is 4.79 Å². The molecule has 0 saturated carbocycles. The predicted molar refractivity (Wildman–Crippen MR) is 125 cm³/mol. The molecule has 0 atom stereocenters. The van der Waals surface area contributed by atoms with Crippen molar-refractivity contribution in [2.24, 2.45) is 0 Å². The Kier molecular flexibility index (Phi) is 6.75. The van der Waals surface area contributed by atoms with Crippen LogP contribution in [0.15, 0.2) is 54.7 Å². The highest BCUT2D eigenvalue weighted by Crippen LogP contribution is 2.34. The first-order valence-electron chi connectivity index (χ1n) is 11.0. The number of methoxy groups -OCH3 is 2. The van der Waals surface area contributed by atoms with Gasteiger partial charge in [0.25, 0.3) is 5.91 Å². The maximum Gasteiger partial charge on any atom is 0.274 e. The molecular weight excluding hydrogens is 404 g/mol. The van der Waals surface area contributed by atoms with E-state index in [-0.39, 0.29) is 5.91 Å². The molecular formula is C25H30N4O3. The lowest BCUT2D eigenvalue weighted by Gasteiger charge is -2.21. The van der Waals surface area contributed by atoms with Gasteiger partial charge in [0.2, 0.25) is 0 Å². The summed E-state index contributed by atoms with van der Waals surface area (Å²) >= 11 is 0. The predicted octanol–water partition coefficient (Wildman–Crippen LogP) is 3.72. The van der Waals surface area contributed by atoms with Gasteiger partial charge in [0, 0.05) is 31.9 Å². The number of likely N-dealkylation sites (tertiary alicyclic amines) is 1. The van der Waals surface area contributed by atoms with Gasteiger partial charge in [-0.2, -0.15) is 5.10 Å². The molecule has 7 nitrogen and oxygen atoms in total. The molecule has 2 heterocycles. The normalized spacial score (nSPS) is 13.8. The van der Waals surface area contributed by atoms with Gasteiger partial charge in [-0.1, -0.05) is 24.3 Å². The average molecular weight is 435 g/mol. The molecule has 1 amide bonds. The second-order valence-corrected chi connectivity index (χ2v) is 8.02. The molecule has 4 rings (SSSR count). The number of aromatic nitrogens is 2. The second kappa shape index (κ2) is 9.87. The van der Waals surface area contributed by atoms with E-state index in [0.717, 1.165) is 36.4 Å². The molecule has 3 aromatic rings. The molecule has 1 saturated heterocycles. The number of hydrogen-bond donors (Lipinski definition) is 0. The van der Waals surface area contributed by atoms with Crippen molar-refractivity contribution in [3.8, 4) is 28.3 Å². The molecule has 1 fully saturated rings. The summed E-state index contributed by atoms with van der Waals surface area (Å²) in [5, 5.41) is 4.70. The van der Waals surface area contributed by atoms with Crippen LogP contribution in [-0.2, 0) is 0 Å². The lowest BCUT2D eigenvalue weighted by atomic mass is 10.0. The molecule has 32 heavy (non-hydrogen) atoms. The van der Waals surface area contributed by atoms with E-state index >= 15 is 0 Å². The van der Waals surface area contributed by atoms with Crippen molar-refractivity contribution < 1.29 is 14.3 Å². The zero-order valence-electron chi connectivity index (χ0n) is 19.0. The van der Waals surface area contributed by atoms with Crippen LogP contribution in [-0.4, -0.2) is 72.9 Å². The molecule has 1 aliphatic rings. The molecule has 0 unspecified atom stereocenters. The molecule has 0 aliphatic carbocycles. The summed E-state index contributed by atoms with van der Waals surface area (Å²) in [5.41, 5.74) is 2.92. The molecule has 2 aromatic carbocycles. The summed E-state index contributed by atoms with van der Waals surface area (Å²) in [6.07, 6.45) is 4.38. The van der Waals surface area contributed by atoms with Crippen LogP contribution in [0.3, 0.4) is 0 Å². The second-order valence-electron chi connectivity index (χ2n) is 8.02. The first kappa shape index (κ1) is 21.9. The van der Waals surface area contributed by atoms with Crippen LogP contribution in [0.1, 0.15) is 23.3 Å². The average Bonchev–Trinajstić information content (AvgIpc) is 3.52. The van der Waals surface area contributed by atoms with Crippen molar-refractivity contribution in [1.82, 2.24) is 19.6 Å². The van der Waals surface area contributed by atoms with Crippen LogP contribution in [0, 0.1) is 0 Å². The van der Waals surface area contributed by atoms with E-state index < -0.39 is 0 Å². The smallest absolute Gasteiger partial charge is 0.274 e. The molecule has 168 valence electrons. The van der Waals surface area contributed by atoms with Crippen LogP contribution < -0.4 is 9.47 Å². The number of ether oxygens (including phenoxy) is 2. The fourth-order valence-electron chi connectivity index (χ4n) is 4.04. The van der Waals surface area contributed by atoms with E-state index in [1.165, 1.54) is 12.8 Å². The van der Waals surface area contributed by atoms with Crippen LogP contribution in [0.5, 0.6) is 11.5 Å². The van der Waals surface area contributed by atoms with Gasteiger partial charge in [-0.3, -0.25) is 4.79 Å². The number of amides is 1.